The molecular formula is C24H42FN5O3. The molecule has 2 aliphatic carbocycles. The minimum atomic E-state index is -1.19. The van der Waals surface area contributed by atoms with Gasteiger partial charge in [0, 0.05) is 25.0 Å². The van der Waals surface area contributed by atoms with Crippen LogP contribution in [0.15, 0.2) is 0 Å². The van der Waals surface area contributed by atoms with Gasteiger partial charge in [0.25, 0.3) is 0 Å². The molecule has 2 heterocycles. The lowest BCUT2D eigenvalue weighted by atomic mass is 9.76. The van der Waals surface area contributed by atoms with Crippen LogP contribution < -0.4 is 16.2 Å². The third-order valence-electron chi connectivity index (χ3n) is 8.52. The highest BCUT2D eigenvalue weighted by molar-refractivity contribution is 5.83. The number of aliphatic hydroxyl groups is 1. The molecule has 0 aromatic rings. The molecule has 0 radical (unpaired) electrons. The summed E-state index contributed by atoms with van der Waals surface area (Å²) in [4.78, 5) is 29.9. The average Bonchev–Trinajstić information content (AvgIpc) is 3.41. The normalized spacial score (nSPS) is 38.9. The number of hydrogen-bond acceptors (Lipinski definition) is 6. The first-order valence-corrected chi connectivity index (χ1v) is 12.9. The lowest BCUT2D eigenvalue weighted by molar-refractivity contribution is -0.139. The number of carbonyl (C=O) groups is 2. The van der Waals surface area contributed by atoms with Gasteiger partial charge in [-0.05, 0) is 63.8 Å². The fraction of sp³-hybridized carbons (Fsp3) is 0.917. The van der Waals surface area contributed by atoms with Crippen molar-refractivity contribution in [3.63, 3.8) is 0 Å². The van der Waals surface area contributed by atoms with Gasteiger partial charge >= 0.3 is 0 Å². The molecule has 188 valence electrons. The van der Waals surface area contributed by atoms with Gasteiger partial charge in [0.1, 0.15) is 6.17 Å². The number of amides is 2. The summed E-state index contributed by atoms with van der Waals surface area (Å²) < 4.78 is 14.8. The van der Waals surface area contributed by atoms with Gasteiger partial charge in [-0.25, -0.2) is 15.2 Å². The molecule has 4 N–H and O–H groups in total. The molecule has 33 heavy (non-hydrogen) atoms. The molecule has 0 aromatic carbocycles. The molecule has 2 amide bonds. The molecule has 4 rings (SSSR count). The van der Waals surface area contributed by atoms with Crippen LogP contribution >= 0.6 is 0 Å². The SMILES string of the molecule is C[C@H](CC1NNCN1C)C1CCCC(NC(=O)C2CC(C(=O)N3CC[C@H](O)C3)CCC2F)C1. The maximum Gasteiger partial charge on any atom is 0.226 e. The first-order valence-electron chi connectivity index (χ1n) is 12.9. The molecule has 0 bridgehead atoms. The fourth-order valence-electron chi connectivity index (χ4n) is 6.31. The number of nitrogens with zero attached hydrogens (tertiary/aromatic N) is 2. The van der Waals surface area contributed by atoms with Crippen LogP contribution in [0, 0.1) is 23.7 Å². The second-order valence-electron chi connectivity index (χ2n) is 11.0. The lowest BCUT2D eigenvalue weighted by Crippen LogP contribution is -2.48. The highest BCUT2D eigenvalue weighted by Crippen LogP contribution is 2.36. The Bertz CT molecular complexity index is 697. The summed E-state index contributed by atoms with van der Waals surface area (Å²) in [6, 6.07) is 0.0862. The zero-order valence-corrected chi connectivity index (χ0v) is 20.1. The number of aliphatic hydroxyl groups excluding tert-OH is 1. The summed E-state index contributed by atoms with van der Waals surface area (Å²) >= 11 is 0. The van der Waals surface area contributed by atoms with E-state index >= 15 is 0 Å². The molecule has 9 heteroatoms. The average molecular weight is 468 g/mol. The van der Waals surface area contributed by atoms with E-state index in [9.17, 15) is 19.1 Å². The smallest absolute Gasteiger partial charge is 0.226 e. The zero-order chi connectivity index (χ0) is 23.5. The number of halogens is 1. The Hall–Kier alpha value is -1.29. The Morgan fingerprint density at radius 3 is 2.70 bits per heavy atom. The molecule has 8 nitrogen and oxygen atoms in total. The monoisotopic (exact) mass is 467 g/mol. The van der Waals surface area contributed by atoms with Gasteiger partial charge in [0.15, 0.2) is 0 Å². The number of hydrazine groups is 1. The van der Waals surface area contributed by atoms with Gasteiger partial charge in [0.2, 0.25) is 11.8 Å². The van der Waals surface area contributed by atoms with E-state index in [2.05, 4.69) is 35.0 Å². The van der Waals surface area contributed by atoms with Crippen LogP contribution in [0.3, 0.4) is 0 Å². The van der Waals surface area contributed by atoms with Crippen LogP contribution in [0.25, 0.3) is 0 Å². The van der Waals surface area contributed by atoms with E-state index in [1.54, 1.807) is 4.90 Å². The van der Waals surface area contributed by atoms with Crippen LogP contribution in [0.4, 0.5) is 4.39 Å². The van der Waals surface area contributed by atoms with Crippen molar-refractivity contribution in [3.05, 3.63) is 0 Å². The molecular weight excluding hydrogens is 425 g/mol. The van der Waals surface area contributed by atoms with Gasteiger partial charge < -0.3 is 15.3 Å². The van der Waals surface area contributed by atoms with Gasteiger partial charge in [0.05, 0.1) is 24.9 Å². The van der Waals surface area contributed by atoms with Crippen molar-refractivity contribution in [1.29, 1.82) is 0 Å². The van der Waals surface area contributed by atoms with Crippen LogP contribution in [-0.2, 0) is 9.59 Å². The molecule has 4 aliphatic rings. The number of hydrogen-bond donors (Lipinski definition) is 4. The molecule has 8 atom stereocenters. The zero-order valence-electron chi connectivity index (χ0n) is 20.1. The van der Waals surface area contributed by atoms with Crippen LogP contribution in [-0.4, -0.2) is 78.0 Å². The van der Waals surface area contributed by atoms with E-state index in [0.717, 1.165) is 32.4 Å². The minimum absolute atomic E-state index is 0.0252. The predicted octanol–water partition coefficient (Wildman–Crippen LogP) is 1.36. The number of likely N-dealkylation sites (tertiary alicyclic amines) is 1. The van der Waals surface area contributed by atoms with Crippen LogP contribution in [0.2, 0.25) is 0 Å². The van der Waals surface area contributed by atoms with E-state index in [4.69, 9.17) is 0 Å². The van der Waals surface area contributed by atoms with Crippen molar-refractivity contribution < 1.29 is 19.1 Å². The van der Waals surface area contributed by atoms with E-state index in [0.29, 0.717) is 43.9 Å². The van der Waals surface area contributed by atoms with Crippen molar-refractivity contribution in [3.8, 4) is 0 Å². The Morgan fingerprint density at radius 2 is 2.00 bits per heavy atom. The predicted molar refractivity (Wildman–Crippen MR) is 123 cm³/mol. The van der Waals surface area contributed by atoms with Crippen molar-refractivity contribution in [2.24, 2.45) is 23.7 Å². The van der Waals surface area contributed by atoms with Gasteiger partial charge in [-0.15, -0.1) is 0 Å². The minimum Gasteiger partial charge on any atom is -0.391 e. The first-order chi connectivity index (χ1) is 15.8. The summed E-state index contributed by atoms with van der Waals surface area (Å²) in [5.74, 6) is -0.236. The number of alkyl halides is 1. The second kappa shape index (κ2) is 11.0. The van der Waals surface area contributed by atoms with Crippen LogP contribution in [0.1, 0.15) is 64.7 Å². The third-order valence-corrected chi connectivity index (χ3v) is 8.52. The highest BCUT2D eigenvalue weighted by atomic mass is 19.1. The summed E-state index contributed by atoms with van der Waals surface area (Å²) in [5.41, 5.74) is 6.50. The van der Waals surface area contributed by atoms with Gasteiger partial charge in [-0.2, -0.15) is 0 Å². The Kier molecular flexibility index (Phi) is 8.25. The number of nitrogens with one attached hydrogen (secondary N) is 3. The fourth-order valence-corrected chi connectivity index (χ4v) is 6.31. The highest BCUT2D eigenvalue weighted by Gasteiger charge is 2.41. The third kappa shape index (κ3) is 6.05. The molecule has 2 aliphatic heterocycles. The standard InChI is InChI=1S/C24H42FN5O3/c1-15(10-22-28-26-14-29(22)2)16-4-3-5-18(11-16)27-23(32)20-12-17(6-7-21(20)25)24(33)30-9-8-19(31)13-30/h15-22,26,28,31H,3-14H2,1-2H3,(H,27,32)/t15-,16?,17?,18?,19+,20?,21?,22?/m1/s1. The maximum absolute atomic E-state index is 14.8. The van der Waals surface area contributed by atoms with E-state index in [1.165, 1.54) is 6.42 Å². The maximum atomic E-state index is 14.8. The molecule has 2 saturated carbocycles. The largest absolute Gasteiger partial charge is 0.391 e. The molecule has 0 aromatic heterocycles. The van der Waals surface area contributed by atoms with Crippen molar-refractivity contribution in [1.82, 2.24) is 26.0 Å². The van der Waals surface area contributed by atoms with Crippen molar-refractivity contribution >= 4 is 11.8 Å². The van der Waals surface area contributed by atoms with Gasteiger partial charge in [-0.3, -0.25) is 14.5 Å². The second-order valence-corrected chi connectivity index (χ2v) is 11.0. The molecule has 0 spiro atoms. The lowest BCUT2D eigenvalue weighted by Gasteiger charge is -2.37. The number of rotatable bonds is 6. The molecule has 6 unspecified atom stereocenters. The number of carbonyl (C=O) groups excluding carboxylic acids is 2. The van der Waals surface area contributed by atoms with E-state index in [1.807, 2.05) is 0 Å². The first kappa shape index (κ1) is 24.8. The van der Waals surface area contributed by atoms with Crippen molar-refractivity contribution in [2.45, 2.75) is 89.2 Å². The van der Waals surface area contributed by atoms with Gasteiger partial charge in [-0.1, -0.05) is 19.8 Å². The molecule has 2 saturated heterocycles. The summed E-state index contributed by atoms with van der Waals surface area (Å²) in [6.07, 6.45) is 5.47. The quantitative estimate of drug-likeness (QED) is 0.471. The van der Waals surface area contributed by atoms with Crippen molar-refractivity contribution in [2.75, 3.05) is 26.8 Å². The van der Waals surface area contributed by atoms with E-state index < -0.39 is 18.2 Å². The summed E-state index contributed by atoms with van der Waals surface area (Å²) in [6.45, 7) is 4.05. The number of β-amino-alcohol motifs (C(OH)–C–C–N with tert-alkyl or cyclic N) is 1. The Balaban J connectivity index is 1.28. The van der Waals surface area contributed by atoms with E-state index in [-0.39, 0.29) is 36.6 Å². The van der Waals surface area contributed by atoms with Crippen LogP contribution in [0.5, 0.6) is 0 Å². The molecule has 4 fully saturated rings. The summed E-state index contributed by atoms with van der Waals surface area (Å²) in [5, 5.41) is 12.9. The Morgan fingerprint density at radius 1 is 1.18 bits per heavy atom. The summed E-state index contributed by atoms with van der Waals surface area (Å²) in [7, 11) is 2.11. The topological polar surface area (TPSA) is 96.9 Å². The Labute approximate surface area is 197 Å².